The van der Waals surface area contributed by atoms with Gasteiger partial charge in [-0.1, -0.05) is 25.7 Å². The number of hydrogen-bond donors (Lipinski definition) is 0. The number of esters is 1. The summed E-state index contributed by atoms with van der Waals surface area (Å²) in [5.74, 6) is -0.653. The monoisotopic (exact) mass is 439 g/mol. The second-order valence-corrected chi connectivity index (χ2v) is 14.5. The van der Waals surface area contributed by atoms with Crippen LogP contribution in [0.3, 0.4) is 0 Å². The number of methoxy groups -OCH3 is 1. The third-order valence-corrected chi connectivity index (χ3v) is 6.66. The highest BCUT2D eigenvalue weighted by Gasteiger charge is 2.15. The third kappa shape index (κ3) is 6.08. The lowest BCUT2D eigenvalue weighted by Crippen LogP contribution is -2.22. The molecule has 0 N–H and O–H groups in total. The molecule has 0 aliphatic carbocycles. The average Bonchev–Trinajstić information content (AvgIpc) is 3.13. The van der Waals surface area contributed by atoms with Crippen LogP contribution in [0.15, 0.2) is 36.7 Å². The van der Waals surface area contributed by atoms with Crippen LogP contribution in [0.5, 0.6) is 0 Å². The van der Waals surface area contributed by atoms with Crippen molar-refractivity contribution in [2.75, 3.05) is 13.7 Å². The van der Waals surface area contributed by atoms with Crippen LogP contribution in [0.25, 0.3) is 10.9 Å². The molecule has 1 aromatic carbocycles. The Morgan fingerprint density at radius 3 is 2.65 bits per heavy atom. The molecule has 2 heterocycles. The molecule has 0 saturated heterocycles. The maximum absolute atomic E-state index is 12.7. The summed E-state index contributed by atoms with van der Waals surface area (Å²) in [5.41, 5.74) is 3.32. The molecule has 0 bridgehead atoms. The Morgan fingerprint density at radius 2 is 1.94 bits per heavy atom. The molecule has 2 aromatic heterocycles. The number of aromatic nitrogens is 3. The first-order valence-electron chi connectivity index (χ1n) is 10.3. The van der Waals surface area contributed by atoms with Gasteiger partial charge in [0.05, 0.1) is 18.2 Å². The molecule has 0 fully saturated rings. The topological polar surface area (TPSA) is 83.3 Å². The zero-order valence-electron chi connectivity index (χ0n) is 18.8. The van der Waals surface area contributed by atoms with E-state index >= 15 is 0 Å². The Morgan fingerprint density at radius 1 is 1.16 bits per heavy atom. The van der Waals surface area contributed by atoms with Crippen LogP contribution in [0.1, 0.15) is 32.0 Å². The lowest BCUT2D eigenvalue weighted by atomic mass is 10.0. The Labute approximate surface area is 183 Å². The van der Waals surface area contributed by atoms with Crippen LogP contribution in [0.4, 0.5) is 0 Å². The van der Waals surface area contributed by atoms with E-state index in [4.69, 9.17) is 9.47 Å². The van der Waals surface area contributed by atoms with Gasteiger partial charge in [-0.2, -0.15) is 5.10 Å². The SMILES string of the molecule is COC(=O)c1ccnc(C(=O)Cc2cc(C)c3nn(COCC[Si](C)(C)C)cc3c2)c1. The Kier molecular flexibility index (Phi) is 7.02. The molecule has 31 heavy (non-hydrogen) atoms. The number of nitrogens with zero attached hydrogens (tertiary/aromatic N) is 3. The molecule has 0 saturated carbocycles. The molecule has 7 nitrogen and oxygen atoms in total. The predicted octanol–water partition coefficient (Wildman–Crippen LogP) is 4.26. The maximum Gasteiger partial charge on any atom is 0.337 e. The summed E-state index contributed by atoms with van der Waals surface area (Å²) in [6.07, 6.45) is 3.58. The van der Waals surface area contributed by atoms with Gasteiger partial charge in [-0.15, -0.1) is 0 Å². The fourth-order valence-electron chi connectivity index (χ4n) is 3.25. The van der Waals surface area contributed by atoms with Gasteiger partial charge in [0, 0.05) is 38.9 Å². The molecular formula is C23H29N3O4Si. The van der Waals surface area contributed by atoms with E-state index in [1.54, 1.807) is 4.68 Å². The number of carbonyl (C=O) groups is 2. The zero-order valence-corrected chi connectivity index (χ0v) is 19.8. The van der Waals surface area contributed by atoms with Crippen LogP contribution < -0.4 is 0 Å². The summed E-state index contributed by atoms with van der Waals surface area (Å²) in [6.45, 7) is 10.1. The van der Waals surface area contributed by atoms with Crippen LogP contribution in [0, 0.1) is 6.92 Å². The van der Waals surface area contributed by atoms with E-state index in [0.717, 1.165) is 34.7 Å². The summed E-state index contributed by atoms with van der Waals surface area (Å²) in [6, 6.07) is 8.04. The first-order chi connectivity index (χ1) is 14.7. The number of benzene rings is 1. The highest BCUT2D eigenvalue weighted by atomic mass is 28.3. The summed E-state index contributed by atoms with van der Waals surface area (Å²) in [7, 11) is 0.188. The van der Waals surface area contributed by atoms with E-state index in [0.29, 0.717) is 12.3 Å². The van der Waals surface area contributed by atoms with Crippen molar-refractivity contribution in [3.63, 3.8) is 0 Å². The first-order valence-corrected chi connectivity index (χ1v) is 14.0. The van der Waals surface area contributed by atoms with E-state index in [2.05, 4.69) is 29.7 Å². The number of carbonyl (C=O) groups excluding carboxylic acids is 2. The fourth-order valence-corrected chi connectivity index (χ4v) is 4.00. The quantitative estimate of drug-likeness (QED) is 0.214. The van der Waals surface area contributed by atoms with Crippen LogP contribution >= 0.6 is 0 Å². The molecule has 0 atom stereocenters. The van der Waals surface area contributed by atoms with Gasteiger partial charge in [0.1, 0.15) is 12.4 Å². The highest BCUT2D eigenvalue weighted by molar-refractivity contribution is 6.76. The number of Topliss-reactive ketones (excluding diaryl/α,β-unsaturated/α-hetero) is 1. The molecule has 0 spiro atoms. The molecule has 0 aliphatic rings. The first kappa shape index (κ1) is 22.8. The molecule has 0 unspecified atom stereocenters. The van der Waals surface area contributed by atoms with Crippen molar-refractivity contribution in [2.24, 2.45) is 0 Å². The number of ketones is 1. The summed E-state index contributed by atoms with van der Waals surface area (Å²) in [5, 5.41) is 5.59. The van der Waals surface area contributed by atoms with E-state index in [1.807, 2.05) is 25.3 Å². The number of rotatable bonds is 9. The van der Waals surface area contributed by atoms with Crippen LogP contribution in [0.2, 0.25) is 25.7 Å². The van der Waals surface area contributed by atoms with Gasteiger partial charge in [-0.3, -0.25) is 9.78 Å². The summed E-state index contributed by atoms with van der Waals surface area (Å²) < 4.78 is 12.3. The molecule has 3 aromatic rings. The van der Waals surface area contributed by atoms with Gasteiger partial charge in [0.2, 0.25) is 0 Å². The number of fused-ring (bicyclic) bond motifs is 1. The van der Waals surface area contributed by atoms with Crippen molar-refractivity contribution in [3.05, 3.63) is 59.0 Å². The zero-order chi connectivity index (χ0) is 22.6. The van der Waals surface area contributed by atoms with Gasteiger partial charge in [0.15, 0.2) is 5.78 Å². The molecule has 0 amide bonds. The van der Waals surface area contributed by atoms with Gasteiger partial charge >= 0.3 is 5.97 Å². The van der Waals surface area contributed by atoms with Crippen molar-refractivity contribution in [3.8, 4) is 0 Å². The van der Waals surface area contributed by atoms with Gasteiger partial charge in [-0.05, 0) is 42.3 Å². The number of hydrogen-bond acceptors (Lipinski definition) is 6. The summed E-state index contributed by atoms with van der Waals surface area (Å²) in [4.78, 5) is 28.5. The summed E-state index contributed by atoms with van der Waals surface area (Å²) >= 11 is 0. The predicted molar refractivity (Wildman–Crippen MR) is 122 cm³/mol. The average molecular weight is 440 g/mol. The van der Waals surface area contributed by atoms with Crippen molar-refractivity contribution >= 4 is 30.7 Å². The molecule has 164 valence electrons. The van der Waals surface area contributed by atoms with E-state index < -0.39 is 14.0 Å². The number of ether oxygens (including phenoxy) is 2. The fraction of sp³-hybridized carbons (Fsp3) is 0.391. The molecular weight excluding hydrogens is 410 g/mol. The molecule has 8 heteroatoms. The largest absolute Gasteiger partial charge is 0.465 e. The minimum absolute atomic E-state index is 0.161. The van der Waals surface area contributed by atoms with Crippen LogP contribution in [-0.4, -0.2) is 48.3 Å². The second kappa shape index (κ2) is 9.53. The van der Waals surface area contributed by atoms with Gasteiger partial charge < -0.3 is 9.47 Å². The highest BCUT2D eigenvalue weighted by Crippen LogP contribution is 2.21. The minimum atomic E-state index is -1.12. The van der Waals surface area contributed by atoms with E-state index in [1.165, 1.54) is 25.4 Å². The number of pyridine rings is 1. The van der Waals surface area contributed by atoms with E-state index in [-0.39, 0.29) is 17.9 Å². The smallest absolute Gasteiger partial charge is 0.337 e. The molecule has 3 rings (SSSR count). The third-order valence-electron chi connectivity index (χ3n) is 4.96. The molecule has 0 radical (unpaired) electrons. The minimum Gasteiger partial charge on any atom is -0.465 e. The Bertz CT molecular complexity index is 1100. The van der Waals surface area contributed by atoms with Crippen molar-refractivity contribution in [2.45, 2.75) is 45.8 Å². The van der Waals surface area contributed by atoms with Gasteiger partial charge in [0.25, 0.3) is 0 Å². The lowest BCUT2D eigenvalue weighted by molar-refractivity contribution is 0.0600. The second-order valence-electron chi connectivity index (χ2n) is 8.89. The molecule has 0 aliphatic heterocycles. The van der Waals surface area contributed by atoms with Crippen LogP contribution in [-0.2, 0) is 22.6 Å². The Hall–Kier alpha value is -2.84. The van der Waals surface area contributed by atoms with Crippen molar-refractivity contribution in [1.82, 2.24) is 14.8 Å². The van der Waals surface area contributed by atoms with Gasteiger partial charge in [-0.25, -0.2) is 9.48 Å². The standard InChI is InChI=1S/C23H29N3O4Si/c1-16-10-17(12-21(27)20-13-18(6-7-24-20)23(28)29-2)11-19-14-26(25-22(16)19)15-30-8-9-31(3,4)5/h6-7,10-11,13-14H,8-9,12,15H2,1-5H3. The lowest BCUT2D eigenvalue weighted by Gasteiger charge is -2.15. The maximum atomic E-state index is 12.7. The normalized spacial score (nSPS) is 11.6. The van der Waals surface area contributed by atoms with E-state index in [9.17, 15) is 9.59 Å². The van der Waals surface area contributed by atoms with Crippen molar-refractivity contribution < 1.29 is 19.1 Å². The van der Waals surface area contributed by atoms with Crippen molar-refractivity contribution in [1.29, 1.82) is 0 Å². The Balaban J connectivity index is 1.72. The number of aryl methyl sites for hydroxylation is 1.